The van der Waals surface area contributed by atoms with Crippen molar-refractivity contribution in [2.75, 3.05) is 7.05 Å². The monoisotopic (exact) mass is 281 g/mol. The van der Waals surface area contributed by atoms with E-state index in [1.165, 1.54) is 36.3 Å². The number of carboxylic acid groups (broad SMARTS) is 1. The summed E-state index contributed by atoms with van der Waals surface area (Å²) in [6.45, 7) is 0. The van der Waals surface area contributed by atoms with Gasteiger partial charge in [-0.1, -0.05) is 0 Å². The molecule has 2 aromatic rings. The zero-order chi connectivity index (χ0) is 14.0. The van der Waals surface area contributed by atoms with Crippen LogP contribution < -0.4 is 4.72 Å². The molecule has 0 aliphatic heterocycles. The van der Waals surface area contributed by atoms with Gasteiger partial charge >= 0.3 is 5.97 Å². The molecule has 0 amide bonds. The van der Waals surface area contributed by atoms with Gasteiger partial charge in [-0.15, -0.1) is 0 Å². The molecule has 0 aliphatic rings. The molecular weight excluding hydrogens is 270 g/mol. The summed E-state index contributed by atoms with van der Waals surface area (Å²) in [6, 6.07) is 6.00. The number of rotatable bonds is 4. The van der Waals surface area contributed by atoms with Crippen molar-refractivity contribution in [3.8, 4) is 5.69 Å². The Labute approximate surface area is 109 Å². The summed E-state index contributed by atoms with van der Waals surface area (Å²) in [6.07, 6.45) is 2.70. The van der Waals surface area contributed by atoms with Gasteiger partial charge in [0.25, 0.3) is 0 Å². The van der Waals surface area contributed by atoms with Gasteiger partial charge in [-0.25, -0.2) is 22.9 Å². The normalized spacial score (nSPS) is 11.4. The first kappa shape index (κ1) is 13.2. The summed E-state index contributed by atoms with van der Waals surface area (Å²) in [5.74, 6) is -1.12. The van der Waals surface area contributed by atoms with Gasteiger partial charge < -0.3 is 9.67 Å². The molecule has 0 aliphatic carbocycles. The average Bonchev–Trinajstić information content (AvgIpc) is 2.88. The minimum atomic E-state index is -3.47. The van der Waals surface area contributed by atoms with E-state index in [-0.39, 0.29) is 10.6 Å². The van der Waals surface area contributed by atoms with Crippen LogP contribution in [0.1, 0.15) is 10.5 Å². The Balaban J connectivity index is 2.35. The Morgan fingerprint density at radius 3 is 2.42 bits per heavy atom. The smallest absolute Gasteiger partial charge is 0.356 e. The van der Waals surface area contributed by atoms with E-state index in [1.54, 1.807) is 12.1 Å². The van der Waals surface area contributed by atoms with Crippen molar-refractivity contribution >= 4 is 16.0 Å². The lowest BCUT2D eigenvalue weighted by Gasteiger charge is -2.05. The third kappa shape index (κ3) is 2.64. The molecule has 0 radical (unpaired) electrons. The number of carbonyl (C=O) groups is 1. The van der Waals surface area contributed by atoms with Crippen LogP contribution in [0.15, 0.2) is 41.7 Å². The van der Waals surface area contributed by atoms with Crippen LogP contribution in [0.2, 0.25) is 0 Å². The molecule has 1 aromatic heterocycles. The van der Waals surface area contributed by atoms with E-state index < -0.39 is 16.0 Å². The van der Waals surface area contributed by atoms with Gasteiger partial charge in [-0.05, 0) is 31.3 Å². The van der Waals surface area contributed by atoms with Gasteiger partial charge in [0.2, 0.25) is 10.0 Å². The van der Waals surface area contributed by atoms with Crippen molar-refractivity contribution < 1.29 is 18.3 Å². The highest BCUT2D eigenvalue weighted by Gasteiger charge is 2.11. The largest absolute Gasteiger partial charge is 0.476 e. The number of sulfonamides is 1. The van der Waals surface area contributed by atoms with E-state index in [4.69, 9.17) is 5.11 Å². The van der Waals surface area contributed by atoms with E-state index in [9.17, 15) is 13.2 Å². The SMILES string of the molecule is CNS(=O)(=O)c1ccc(-n2cnc(C(=O)O)c2)cc1. The first-order valence-corrected chi connectivity index (χ1v) is 6.73. The fraction of sp³-hybridized carbons (Fsp3) is 0.0909. The molecule has 2 rings (SSSR count). The second kappa shape index (κ2) is 4.82. The minimum absolute atomic E-state index is 0.0769. The number of aromatic nitrogens is 2. The lowest BCUT2D eigenvalue weighted by Crippen LogP contribution is -2.18. The van der Waals surface area contributed by atoms with E-state index >= 15 is 0 Å². The molecule has 8 heteroatoms. The molecule has 0 atom stereocenters. The summed E-state index contributed by atoms with van der Waals surface area (Å²) in [4.78, 5) is 14.6. The van der Waals surface area contributed by atoms with Gasteiger partial charge in [0.1, 0.15) is 6.33 Å². The second-order valence-electron chi connectivity index (χ2n) is 3.67. The molecule has 1 aromatic carbocycles. The number of nitrogens with zero attached hydrogens (tertiary/aromatic N) is 2. The summed E-state index contributed by atoms with van der Waals surface area (Å²) in [7, 11) is -2.14. The third-order valence-electron chi connectivity index (χ3n) is 2.52. The van der Waals surface area contributed by atoms with Crippen LogP contribution in [0, 0.1) is 0 Å². The van der Waals surface area contributed by atoms with Crippen LogP contribution in [-0.2, 0) is 10.0 Å². The average molecular weight is 281 g/mol. The minimum Gasteiger partial charge on any atom is -0.476 e. The Morgan fingerprint density at radius 1 is 1.32 bits per heavy atom. The maximum absolute atomic E-state index is 11.5. The van der Waals surface area contributed by atoms with Crippen LogP contribution in [0.25, 0.3) is 5.69 Å². The van der Waals surface area contributed by atoms with Gasteiger partial charge in [0.05, 0.1) is 4.90 Å². The maximum Gasteiger partial charge on any atom is 0.356 e. The summed E-state index contributed by atoms with van der Waals surface area (Å²) < 4.78 is 26.8. The van der Waals surface area contributed by atoms with Gasteiger partial charge in [0.15, 0.2) is 5.69 Å². The number of nitrogens with one attached hydrogen (secondary N) is 1. The van der Waals surface area contributed by atoms with Crippen molar-refractivity contribution in [1.29, 1.82) is 0 Å². The van der Waals surface area contributed by atoms with E-state index in [2.05, 4.69) is 9.71 Å². The van der Waals surface area contributed by atoms with Crippen molar-refractivity contribution in [1.82, 2.24) is 14.3 Å². The first-order valence-electron chi connectivity index (χ1n) is 5.25. The Kier molecular flexibility index (Phi) is 3.36. The van der Waals surface area contributed by atoms with Crippen LogP contribution >= 0.6 is 0 Å². The zero-order valence-electron chi connectivity index (χ0n) is 9.94. The standard InChI is InChI=1S/C11H11N3O4S/c1-12-19(17,18)9-4-2-8(3-5-9)14-6-10(11(15)16)13-7-14/h2-7,12H,1H3,(H,15,16). The van der Waals surface area contributed by atoms with Crippen molar-refractivity contribution in [2.45, 2.75) is 4.90 Å². The van der Waals surface area contributed by atoms with Gasteiger partial charge in [-0.2, -0.15) is 0 Å². The quantitative estimate of drug-likeness (QED) is 0.848. The predicted molar refractivity (Wildman–Crippen MR) is 66.8 cm³/mol. The maximum atomic E-state index is 11.5. The number of hydrogen-bond donors (Lipinski definition) is 2. The van der Waals surface area contributed by atoms with Crippen LogP contribution in [0.5, 0.6) is 0 Å². The van der Waals surface area contributed by atoms with Crippen LogP contribution in [-0.4, -0.2) is 36.1 Å². The van der Waals surface area contributed by atoms with E-state index in [1.807, 2.05) is 0 Å². The topological polar surface area (TPSA) is 101 Å². The molecule has 0 bridgehead atoms. The molecule has 19 heavy (non-hydrogen) atoms. The lowest BCUT2D eigenvalue weighted by atomic mass is 10.3. The number of imidazole rings is 1. The Morgan fingerprint density at radius 2 is 1.95 bits per heavy atom. The summed E-state index contributed by atoms with van der Waals surface area (Å²) in [5.41, 5.74) is 0.543. The molecule has 1 heterocycles. The van der Waals surface area contributed by atoms with Crippen molar-refractivity contribution in [3.63, 3.8) is 0 Å². The first-order chi connectivity index (χ1) is 8.94. The van der Waals surface area contributed by atoms with Crippen LogP contribution in [0.3, 0.4) is 0 Å². The summed E-state index contributed by atoms with van der Waals surface area (Å²) >= 11 is 0. The van der Waals surface area contributed by atoms with Crippen molar-refractivity contribution in [2.24, 2.45) is 0 Å². The number of hydrogen-bond acceptors (Lipinski definition) is 4. The highest BCUT2D eigenvalue weighted by molar-refractivity contribution is 7.89. The molecule has 0 saturated heterocycles. The van der Waals surface area contributed by atoms with Crippen LogP contribution in [0.4, 0.5) is 0 Å². The molecule has 100 valence electrons. The Bertz CT molecular complexity index is 704. The molecule has 0 unspecified atom stereocenters. The van der Waals surface area contributed by atoms with E-state index in [0.29, 0.717) is 5.69 Å². The second-order valence-corrected chi connectivity index (χ2v) is 5.56. The lowest BCUT2D eigenvalue weighted by molar-refractivity contribution is 0.0691. The summed E-state index contributed by atoms with van der Waals surface area (Å²) in [5, 5.41) is 8.76. The molecule has 7 nitrogen and oxygen atoms in total. The highest BCUT2D eigenvalue weighted by atomic mass is 32.2. The van der Waals surface area contributed by atoms with Gasteiger partial charge in [0, 0.05) is 11.9 Å². The fourth-order valence-corrected chi connectivity index (χ4v) is 2.22. The number of benzene rings is 1. The molecule has 0 saturated carbocycles. The third-order valence-corrected chi connectivity index (χ3v) is 3.95. The molecule has 0 fully saturated rings. The van der Waals surface area contributed by atoms with Gasteiger partial charge in [-0.3, -0.25) is 0 Å². The zero-order valence-corrected chi connectivity index (χ0v) is 10.8. The number of carboxylic acids is 1. The number of aromatic carboxylic acids is 1. The highest BCUT2D eigenvalue weighted by Crippen LogP contribution is 2.14. The molecule has 0 spiro atoms. The predicted octanol–water partition coefficient (Wildman–Crippen LogP) is 0.479. The Hall–Kier alpha value is -2.19. The molecular formula is C11H11N3O4S. The molecule has 2 N–H and O–H groups in total. The fourth-order valence-electron chi connectivity index (χ4n) is 1.49. The van der Waals surface area contributed by atoms with Crippen molar-refractivity contribution in [3.05, 3.63) is 42.5 Å². The van der Waals surface area contributed by atoms with E-state index in [0.717, 1.165) is 0 Å².